The summed E-state index contributed by atoms with van der Waals surface area (Å²) >= 11 is 0. The third kappa shape index (κ3) is 9.38. The van der Waals surface area contributed by atoms with Gasteiger partial charge in [-0.05, 0) is 62.6 Å². The molecule has 33 heavy (non-hydrogen) atoms. The Labute approximate surface area is 208 Å². The van der Waals surface area contributed by atoms with E-state index in [1.807, 2.05) is 6.92 Å². The fraction of sp³-hybridized carbons (Fsp3) is 0.852. The van der Waals surface area contributed by atoms with Crippen LogP contribution in [0.15, 0.2) is 23.8 Å². The van der Waals surface area contributed by atoms with Crippen molar-refractivity contribution >= 4 is 16.6 Å². The van der Waals surface area contributed by atoms with E-state index in [1.165, 1.54) is 5.57 Å². The normalized spacial score (nSPS) is 20.5. The van der Waals surface area contributed by atoms with Gasteiger partial charge in [-0.3, -0.25) is 0 Å². The lowest BCUT2D eigenvalue weighted by molar-refractivity contribution is -0.0300. The summed E-state index contributed by atoms with van der Waals surface area (Å²) in [4.78, 5) is 0. The van der Waals surface area contributed by atoms with E-state index in [9.17, 15) is 10.2 Å². The molecule has 0 aliphatic heterocycles. The highest BCUT2D eigenvalue weighted by molar-refractivity contribution is 6.74. The highest BCUT2D eigenvalue weighted by atomic mass is 28.4. The van der Waals surface area contributed by atoms with Gasteiger partial charge in [0.05, 0.1) is 24.4 Å². The summed E-state index contributed by atoms with van der Waals surface area (Å²) in [5, 5.41) is 20.8. The zero-order valence-electron chi connectivity index (χ0n) is 24.4. The largest absolute Gasteiger partial charge is 0.410 e. The molecule has 0 amide bonds. The zero-order valence-corrected chi connectivity index (χ0v) is 26.4. The molecule has 0 aromatic heterocycles. The number of hydrogen-bond donors (Lipinski definition) is 2. The predicted molar refractivity (Wildman–Crippen MR) is 149 cm³/mol. The zero-order chi connectivity index (χ0) is 26.6. The second-order valence-electron chi connectivity index (χ2n) is 13.0. The van der Waals surface area contributed by atoms with Crippen molar-refractivity contribution in [1.29, 1.82) is 0 Å². The van der Waals surface area contributed by atoms with E-state index in [4.69, 9.17) is 8.85 Å². The molecule has 0 heterocycles. The molecule has 2 N–H and O–H groups in total. The standard InChI is InChI=1S/C27H56O4Si2/c1-16-19(2)25(31-33(14,15)27(9,10)11)20(3)17-18-23(21(4)24(29)22(5)28)30-32(12,13)26(6,7)8/h16-18,20-25,28-29H,1-15H3/b18-17+,19-16+/t20-,21+,22-,23+,24+,25+/m0/s1. The average molecular weight is 501 g/mol. The maximum absolute atomic E-state index is 10.6. The fourth-order valence-corrected chi connectivity index (χ4v) is 5.85. The van der Waals surface area contributed by atoms with E-state index < -0.39 is 28.8 Å². The highest BCUT2D eigenvalue weighted by Crippen LogP contribution is 2.40. The molecule has 0 rings (SSSR count). The van der Waals surface area contributed by atoms with E-state index in [1.54, 1.807) is 6.92 Å². The van der Waals surface area contributed by atoms with Gasteiger partial charge in [0.25, 0.3) is 0 Å². The fourth-order valence-electron chi connectivity index (χ4n) is 3.13. The van der Waals surface area contributed by atoms with Gasteiger partial charge in [-0.1, -0.05) is 73.6 Å². The summed E-state index contributed by atoms with van der Waals surface area (Å²) < 4.78 is 13.6. The summed E-state index contributed by atoms with van der Waals surface area (Å²) in [6.45, 7) is 32.5. The van der Waals surface area contributed by atoms with Crippen molar-refractivity contribution in [3.63, 3.8) is 0 Å². The van der Waals surface area contributed by atoms with Crippen LogP contribution in [0.25, 0.3) is 0 Å². The number of allylic oxidation sites excluding steroid dienone is 1. The minimum atomic E-state index is -2.08. The van der Waals surface area contributed by atoms with E-state index in [-0.39, 0.29) is 34.1 Å². The molecule has 0 radical (unpaired) electrons. The molecule has 0 saturated carbocycles. The van der Waals surface area contributed by atoms with Crippen molar-refractivity contribution < 1.29 is 19.1 Å². The molecule has 0 bridgehead atoms. The lowest BCUT2D eigenvalue weighted by Gasteiger charge is -2.42. The van der Waals surface area contributed by atoms with Crippen molar-refractivity contribution in [2.75, 3.05) is 0 Å². The van der Waals surface area contributed by atoms with Gasteiger partial charge in [-0.25, -0.2) is 0 Å². The summed E-state index contributed by atoms with van der Waals surface area (Å²) in [6, 6.07) is 0. The molecule has 0 aromatic carbocycles. The Morgan fingerprint density at radius 1 is 0.788 bits per heavy atom. The molecule has 0 aromatic rings. The van der Waals surface area contributed by atoms with Crippen LogP contribution in [0, 0.1) is 11.8 Å². The van der Waals surface area contributed by atoms with Gasteiger partial charge in [0.1, 0.15) is 0 Å². The Morgan fingerprint density at radius 3 is 1.58 bits per heavy atom. The SMILES string of the molecule is C/C=C(\C)[C@@H](O[Si](C)(C)C(C)(C)C)[C@@H](C)/C=C/[C@@H](O[Si](C)(C)C(C)(C)C)[C@@H](C)[C@@H](O)[C@H](C)O. The van der Waals surface area contributed by atoms with Crippen LogP contribution in [0.4, 0.5) is 0 Å². The minimum absolute atomic E-state index is 0.00217. The van der Waals surface area contributed by atoms with Gasteiger partial charge < -0.3 is 19.1 Å². The van der Waals surface area contributed by atoms with Gasteiger partial charge in [0.15, 0.2) is 16.6 Å². The van der Waals surface area contributed by atoms with Gasteiger partial charge in [-0.2, -0.15) is 0 Å². The first-order valence-corrected chi connectivity index (χ1v) is 18.4. The van der Waals surface area contributed by atoms with E-state index >= 15 is 0 Å². The molecule has 0 aliphatic carbocycles. The van der Waals surface area contributed by atoms with Crippen molar-refractivity contribution in [2.45, 2.75) is 137 Å². The van der Waals surface area contributed by atoms with Crippen LogP contribution < -0.4 is 0 Å². The molecule has 0 fully saturated rings. The maximum Gasteiger partial charge on any atom is 0.192 e. The van der Waals surface area contributed by atoms with Crippen LogP contribution in [0.2, 0.25) is 36.3 Å². The second-order valence-corrected chi connectivity index (χ2v) is 22.5. The molecule has 6 heteroatoms. The summed E-state index contributed by atoms with van der Waals surface area (Å²) in [5.74, 6) is -0.0816. The maximum atomic E-state index is 10.6. The Hall–Kier alpha value is -0.246. The van der Waals surface area contributed by atoms with Crippen LogP contribution in [-0.4, -0.2) is 51.3 Å². The van der Waals surface area contributed by atoms with Gasteiger partial charge in [0, 0.05) is 11.8 Å². The van der Waals surface area contributed by atoms with E-state index in [0.29, 0.717) is 0 Å². The number of rotatable bonds is 11. The van der Waals surface area contributed by atoms with Gasteiger partial charge in [-0.15, -0.1) is 0 Å². The van der Waals surface area contributed by atoms with Gasteiger partial charge >= 0.3 is 0 Å². The van der Waals surface area contributed by atoms with Crippen molar-refractivity contribution in [2.24, 2.45) is 11.8 Å². The van der Waals surface area contributed by atoms with Crippen LogP contribution in [0.1, 0.15) is 76.2 Å². The minimum Gasteiger partial charge on any atom is -0.410 e. The Morgan fingerprint density at radius 2 is 1.21 bits per heavy atom. The molecule has 4 nitrogen and oxygen atoms in total. The van der Waals surface area contributed by atoms with E-state index in [2.05, 4.69) is 107 Å². The topological polar surface area (TPSA) is 58.9 Å². The molecule has 0 unspecified atom stereocenters. The molecule has 196 valence electrons. The lowest BCUT2D eigenvalue weighted by atomic mass is 9.92. The first-order valence-electron chi connectivity index (χ1n) is 12.6. The summed E-state index contributed by atoms with van der Waals surface area (Å²) in [7, 11) is -4.04. The Bertz CT molecular complexity index is 654. The molecular formula is C27H56O4Si2. The molecule has 6 atom stereocenters. The summed E-state index contributed by atoms with van der Waals surface area (Å²) in [5.41, 5.74) is 1.23. The highest BCUT2D eigenvalue weighted by Gasteiger charge is 2.42. The third-order valence-electron chi connectivity index (χ3n) is 8.00. The molecule has 0 saturated heterocycles. The predicted octanol–water partition coefficient (Wildman–Crippen LogP) is 7.30. The van der Waals surface area contributed by atoms with Crippen molar-refractivity contribution in [3.8, 4) is 0 Å². The van der Waals surface area contributed by atoms with Crippen molar-refractivity contribution in [3.05, 3.63) is 23.8 Å². The monoisotopic (exact) mass is 500 g/mol. The first kappa shape index (κ1) is 32.8. The van der Waals surface area contributed by atoms with Gasteiger partial charge in [0.2, 0.25) is 0 Å². The third-order valence-corrected chi connectivity index (χ3v) is 16.9. The number of hydrogen-bond acceptors (Lipinski definition) is 4. The quantitative estimate of drug-likeness (QED) is 0.231. The molecule has 0 aliphatic rings. The van der Waals surface area contributed by atoms with Crippen LogP contribution >= 0.6 is 0 Å². The van der Waals surface area contributed by atoms with Crippen LogP contribution in [0.5, 0.6) is 0 Å². The van der Waals surface area contributed by atoms with Crippen molar-refractivity contribution in [1.82, 2.24) is 0 Å². The Kier molecular flexibility index (Phi) is 12.0. The lowest BCUT2D eigenvalue weighted by Crippen LogP contribution is -2.48. The molecule has 0 spiro atoms. The summed E-state index contributed by atoms with van der Waals surface area (Å²) in [6.07, 6.45) is 4.49. The number of aliphatic hydroxyl groups is 2. The van der Waals surface area contributed by atoms with Crippen LogP contribution in [-0.2, 0) is 8.85 Å². The molecular weight excluding hydrogens is 444 g/mol. The van der Waals surface area contributed by atoms with E-state index in [0.717, 1.165) is 0 Å². The van der Waals surface area contributed by atoms with Crippen LogP contribution in [0.3, 0.4) is 0 Å². The number of aliphatic hydroxyl groups excluding tert-OH is 2. The smallest absolute Gasteiger partial charge is 0.192 e. The average Bonchev–Trinajstić information content (AvgIpc) is 2.65. The second kappa shape index (κ2) is 12.1. The first-order chi connectivity index (χ1) is 14.6. The Balaban J connectivity index is 6.07.